The molecule has 192 valence electrons. The molecule has 6 heteroatoms. The summed E-state index contributed by atoms with van der Waals surface area (Å²) in [6.45, 7) is 2.57. The van der Waals surface area contributed by atoms with Crippen LogP contribution in [0.15, 0.2) is 54.1 Å². The number of rotatable bonds is 5. The van der Waals surface area contributed by atoms with Crippen LogP contribution in [0, 0.1) is 11.3 Å². The van der Waals surface area contributed by atoms with Crippen LogP contribution in [0.5, 0.6) is 11.5 Å². The first-order valence-corrected chi connectivity index (χ1v) is 13.9. The van der Waals surface area contributed by atoms with E-state index in [2.05, 4.69) is 17.0 Å². The molecule has 8 rings (SSSR count). The number of aliphatic hydroxyl groups excluding tert-OH is 1. The van der Waals surface area contributed by atoms with Crippen LogP contribution >= 0.6 is 0 Å². The summed E-state index contributed by atoms with van der Waals surface area (Å²) in [6, 6.07) is 14.1. The first-order valence-electron chi connectivity index (χ1n) is 13.9. The summed E-state index contributed by atoms with van der Waals surface area (Å²) in [7, 11) is 1.82. The fourth-order valence-corrected chi connectivity index (χ4v) is 9.17. The highest BCUT2D eigenvalue weighted by molar-refractivity contribution is 5.96. The predicted molar refractivity (Wildman–Crippen MR) is 138 cm³/mol. The van der Waals surface area contributed by atoms with Crippen molar-refractivity contribution in [1.82, 2.24) is 9.80 Å². The van der Waals surface area contributed by atoms with E-state index >= 15 is 0 Å². The standard InChI is InChI=1S/C31H34N2O4/c1-32(17-19-5-3-2-4-6-19)28(36)22-16-29-11-12-31(27(22)35)30(29)13-14-33(18-20-7-8-20)24(29)15-21-9-10-23(34)26(37-31)25(21)30/h2-6,9-10,16,20,24,27,34-35H,7-8,11-15,17-18H2,1H3/t24-,27?,29+,30-,31?/m1/s1. The Balaban J connectivity index is 1.28. The van der Waals surface area contributed by atoms with Gasteiger partial charge in [0.2, 0.25) is 0 Å². The van der Waals surface area contributed by atoms with Gasteiger partial charge in [0.1, 0.15) is 11.7 Å². The molecule has 37 heavy (non-hydrogen) atoms. The molecule has 5 atom stereocenters. The molecule has 0 aromatic heterocycles. The van der Waals surface area contributed by atoms with E-state index in [1.54, 1.807) is 11.0 Å². The third kappa shape index (κ3) is 2.56. The van der Waals surface area contributed by atoms with E-state index in [1.165, 1.54) is 18.4 Å². The van der Waals surface area contributed by atoms with Crippen LogP contribution in [0.4, 0.5) is 0 Å². The number of phenolic OH excluding ortho intramolecular Hbond substituents is 1. The Kier molecular flexibility index (Phi) is 4.30. The number of amides is 1. The average Bonchev–Trinajstić information content (AvgIpc) is 3.61. The number of aromatic hydroxyl groups is 1. The molecule has 0 radical (unpaired) electrons. The van der Waals surface area contributed by atoms with E-state index in [-0.39, 0.29) is 23.1 Å². The monoisotopic (exact) mass is 498 g/mol. The lowest BCUT2D eigenvalue weighted by Gasteiger charge is -2.64. The lowest BCUT2D eigenvalue weighted by Crippen LogP contribution is -2.73. The lowest BCUT2D eigenvalue weighted by molar-refractivity contribution is -0.141. The van der Waals surface area contributed by atoms with Gasteiger partial charge in [-0.25, -0.2) is 0 Å². The number of phenols is 1. The van der Waals surface area contributed by atoms with Gasteiger partial charge in [0.05, 0.1) is 5.41 Å². The van der Waals surface area contributed by atoms with Crippen molar-refractivity contribution in [2.75, 3.05) is 20.1 Å². The maximum atomic E-state index is 14.0. The molecule has 1 amide bonds. The summed E-state index contributed by atoms with van der Waals surface area (Å²) in [5.74, 6) is 1.35. The number of benzene rings is 2. The number of hydrogen-bond donors (Lipinski definition) is 2. The SMILES string of the molecule is CN(Cc1ccccc1)C(=O)C1=C[C@]23CCC4(Oc5c(O)ccc6c5[C@@]42CCN(CC2CC2)[C@@H]3C6)C1O. The first-order chi connectivity index (χ1) is 17.9. The number of likely N-dealkylation sites (tertiary alicyclic amines) is 1. The van der Waals surface area contributed by atoms with Gasteiger partial charge in [-0.1, -0.05) is 42.5 Å². The first kappa shape index (κ1) is 22.2. The van der Waals surface area contributed by atoms with Gasteiger partial charge in [0.15, 0.2) is 11.5 Å². The largest absolute Gasteiger partial charge is 0.504 e. The number of piperidine rings is 1. The molecule has 2 aromatic rings. The van der Waals surface area contributed by atoms with Crippen molar-refractivity contribution in [1.29, 1.82) is 0 Å². The van der Waals surface area contributed by atoms with Gasteiger partial charge in [-0.3, -0.25) is 9.69 Å². The summed E-state index contributed by atoms with van der Waals surface area (Å²) in [4.78, 5) is 18.4. The van der Waals surface area contributed by atoms with Crippen molar-refractivity contribution < 1.29 is 19.7 Å². The van der Waals surface area contributed by atoms with Crippen molar-refractivity contribution in [3.63, 3.8) is 0 Å². The van der Waals surface area contributed by atoms with Crippen molar-refractivity contribution >= 4 is 5.91 Å². The van der Waals surface area contributed by atoms with E-state index in [0.717, 1.165) is 49.4 Å². The fraction of sp³-hybridized carbons (Fsp3) is 0.516. The minimum absolute atomic E-state index is 0.131. The highest BCUT2D eigenvalue weighted by Gasteiger charge is 2.82. The normalized spacial score (nSPS) is 36.5. The van der Waals surface area contributed by atoms with E-state index < -0.39 is 17.1 Å². The maximum absolute atomic E-state index is 14.0. The minimum atomic E-state index is -1.04. The molecule has 2 unspecified atom stereocenters. The number of ether oxygens (including phenoxy) is 1. The van der Waals surface area contributed by atoms with Crippen LogP contribution in [0.25, 0.3) is 0 Å². The summed E-state index contributed by atoms with van der Waals surface area (Å²) in [5.41, 5.74) is 2.28. The molecule has 6 aliphatic rings. The smallest absolute Gasteiger partial charge is 0.252 e. The van der Waals surface area contributed by atoms with E-state index in [1.807, 2.05) is 37.4 Å². The Morgan fingerprint density at radius 3 is 2.73 bits per heavy atom. The molecule has 1 saturated heterocycles. The molecule has 2 aromatic carbocycles. The number of aliphatic hydroxyl groups is 1. The van der Waals surface area contributed by atoms with Crippen molar-refractivity contribution in [2.24, 2.45) is 11.3 Å². The molecule has 3 fully saturated rings. The summed E-state index contributed by atoms with van der Waals surface area (Å²) in [5, 5.41) is 23.0. The molecule has 6 nitrogen and oxygen atoms in total. The van der Waals surface area contributed by atoms with Gasteiger partial charge in [-0.2, -0.15) is 0 Å². The second-order valence-electron chi connectivity index (χ2n) is 12.4. The molecule has 2 N–H and O–H groups in total. The van der Waals surface area contributed by atoms with E-state index in [0.29, 0.717) is 24.3 Å². The number of nitrogens with zero attached hydrogens (tertiary/aromatic N) is 2. The molecule has 2 heterocycles. The van der Waals surface area contributed by atoms with Crippen molar-refractivity contribution in [3.05, 3.63) is 70.8 Å². The molecule has 2 saturated carbocycles. The second-order valence-corrected chi connectivity index (χ2v) is 12.4. The number of carbonyl (C=O) groups excluding carboxylic acids is 1. The fourth-order valence-electron chi connectivity index (χ4n) is 9.17. The Hall–Kier alpha value is -2.83. The average molecular weight is 499 g/mol. The van der Waals surface area contributed by atoms with E-state index in [9.17, 15) is 15.0 Å². The summed E-state index contributed by atoms with van der Waals surface area (Å²) >= 11 is 0. The van der Waals surface area contributed by atoms with E-state index in [4.69, 9.17) is 4.74 Å². The molecular weight excluding hydrogens is 464 g/mol. The zero-order chi connectivity index (χ0) is 25.2. The topological polar surface area (TPSA) is 73.2 Å². The third-order valence-corrected chi connectivity index (χ3v) is 10.8. The Morgan fingerprint density at radius 2 is 1.95 bits per heavy atom. The predicted octanol–water partition coefficient (Wildman–Crippen LogP) is 3.54. The van der Waals surface area contributed by atoms with Gasteiger partial charge in [-0.15, -0.1) is 0 Å². The van der Waals surface area contributed by atoms with Crippen molar-refractivity contribution in [3.8, 4) is 11.5 Å². The second kappa shape index (κ2) is 7.17. The maximum Gasteiger partial charge on any atom is 0.252 e. The highest BCUT2D eigenvalue weighted by atomic mass is 16.5. The van der Waals surface area contributed by atoms with Gasteiger partial charge in [0, 0.05) is 42.7 Å². The Labute approximate surface area is 217 Å². The van der Waals surface area contributed by atoms with Crippen LogP contribution in [0.3, 0.4) is 0 Å². The van der Waals surface area contributed by atoms with Crippen LogP contribution in [-0.4, -0.2) is 63.8 Å². The van der Waals surface area contributed by atoms with Crippen LogP contribution < -0.4 is 4.74 Å². The van der Waals surface area contributed by atoms with Gasteiger partial charge >= 0.3 is 0 Å². The summed E-state index contributed by atoms with van der Waals surface area (Å²) in [6.07, 6.45) is 7.13. The third-order valence-electron chi connectivity index (χ3n) is 10.8. The molecule has 1 spiro atoms. The van der Waals surface area contributed by atoms with Gasteiger partial charge in [0.25, 0.3) is 5.91 Å². The molecule has 4 aliphatic carbocycles. The molecule has 2 aliphatic heterocycles. The molecule has 4 bridgehead atoms. The lowest BCUT2D eigenvalue weighted by atomic mass is 9.44. The quantitative estimate of drug-likeness (QED) is 0.660. The molecular formula is C31H34N2O4. The Morgan fingerprint density at radius 1 is 1.14 bits per heavy atom. The van der Waals surface area contributed by atoms with Gasteiger partial charge < -0.3 is 19.8 Å². The highest BCUT2D eigenvalue weighted by Crippen LogP contribution is 2.77. The van der Waals surface area contributed by atoms with Crippen molar-refractivity contribution in [2.45, 2.75) is 68.2 Å². The zero-order valence-electron chi connectivity index (χ0n) is 21.3. The zero-order valence-corrected chi connectivity index (χ0v) is 21.3. The number of carbonyl (C=O) groups is 1. The van der Waals surface area contributed by atoms with Crippen LogP contribution in [0.2, 0.25) is 0 Å². The van der Waals surface area contributed by atoms with Gasteiger partial charge in [-0.05, 0) is 68.2 Å². The van der Waals surface area contributed by atoms with Crippen LogP contribution in [0.1, 0.15) is 48.8 Å². The van der Waals surface area contributed by atoms with Crippen LogP contribution in [-0.2, 0) is 23.2 Å². The Bertz CT molecular complexity index is 1350. The minimum Gasteiger partial charge on any atom is -0.504 e. The number of hydrogen-bond acceptors (Lipinski definition) is 5. The summed E-state index contributed by atoms with van der Waals surface area (Å²) < 4.78 is 6.77. The number of likely N-dealkylation sites (N-methyl/N-ethyl adjacent to an activating group) is 1.